The zero-order valence-electron chi connectivity index (χ0n) is 7.35. The molecule has 1 N–H and O–H groups in total. The maximum absolute atomic E-state index is 10.7. The molecule has 0 bridgehead atoms. The van der Waals surface area contributed by atoms with Crippen LogP contribution in [0.1, 0.15) is 4.88 Å². The van der Waals surface area contributed by atoms with Gasteiger partial charge in [0.2, 0.25) is 0 Å². The largest absolute Gasteiger partial charge is 0.508 e. The molecule has 0 radical (unpaired) electrons. The first-order chi connectivity index (χ1) is 6.58. The molecule has 1 heterocycles. The fourth-order valence-electron chi connectivity index (χ4n) is 1.38. The quantitative estimate of drug-likeness (QED) is 0.580. The highest BCUT2D eigenvalue weighted by atomic mass is 32.1. The number of phenolic OH excluding ortho intramolecular Hbond substituents is 1. The minimum atomic E-state index is -0.478. The number of rotatable bonds is 1. The van der Waals surface area contributed by atoms with Crippen LogP contribution in [0.25, 0.3) is 10.1 Å². The molecule has 2 aromatic rings. The van der Waals surface area contributed by atoms with Crippen molar-refractivity contribution < 1.29 is 10.0 Å². The Balaban J connectivity index is 2.85. The second-order valence-corrected chi connectivity index (χ2v) is 4.28. The van der Waals surface area contributed by atoms with Crippen LogP contribution < -0.4 is 0 Å². The topological polar surface area (TPSA) is 63.4 Å². The number of phenols is 1. The monoisotopic (exact) mass is 209 g/mol. The number of nitrogens with zero attached hydrogens (tertiary/aromatic N) is 1. The fourth-order valence-corrected chi connectivity index (χ4v) is 2.36. The predicted octanol–water partition coefficient (Wildman–Crippen LogP) is 2.82. The number of aryl methyl sites for hydroxylation is 1. The van der Waals surface area contributed by atoms with E-state index in [1.54, 1.807) is 12.1 Å². The van der Waals surface area contributed by atoms with Crippen molar-refractivity contribution in [1.82, 2.24) is 0 Å². The van der Waals surface area contributed by atoms with E-state index in [4.69, 9.17) is 0 Å². The van der Waals surface area contributed by atoms with Gasteiger partial charge in [0, 0.05) is 9.58 Å². The maximum atomic E-state index is 10.7. The Morgan fingerprint density at radius 2 is 2.14 bits per heavy atom. The van der Waals surface area contributed by atoms with Crippen molar-refractivity contribution in [3.8, 4) is 5.75 Å². The molecule has 0 unspecified atom stereocenters. The molecule has 0 fully saturated rings. The van der Waals surface area contributed by atoms with Gasteiger partial charge in [0.1, 0.15) is 5.75 Å². The third-order valence-corrected chi connectivity index (χ3v) is 2.92. The minimum absolute atomic E-state index is 0.0376. The van der Waals surface area contributed by atoms with Gasteiger partial charge in [-0.1, -0.05) is 0 Å². The summed E-state index contributed by atoms with van der Waals surface area (Å²) in [5, 5.41) is 20.5. The van der Waals surface area contributed by atoms with Crippen LogP contribution >= 0.6 is 11.3 Å². The highest BCUT2D eigenvalue weighted by Crippen LogP contribution is 2.35. The molecule has 2 rings (SSSR count). The molecule has 0 saturated heterocycles. The Morgan fingerprint density at radius 1 is 1.43 bits per heavy atom. The summed E-state index contributed by atoms with van der Waals surface area (Å²) in [4.78, 5) is 11.2. The molecule has 0 spiro atoms. The summed E-state index contributed by atoms with van der Waals surface area (Å²) in [6, 6.07) is 4.48. The van der Waals surface area contributed by atoms with E-state index in [1.165, 1.54) is 17.4 Å². The van der Waals surface area contributed by atoms with Gasteiger partial charge in [-0.3, -0.25) is 10.1 Å². The van der Waals surface area contributed by atoms with E-state index in [2.05, 4.69) is 0 Å². The number of hydrogen-bond acceptors (Lipinski definition) is 4. The van der Waals surface area contributed by atoms with Crippen molar-refractivity contribution in [2.75, 3.05) is 0 Å². The summed E-state index contributed by atoms with van der Waals surface area (Å²) in [6.07, 6.45) is 0. The summed E-state index contributed by atoms with van der Waals surface area (Å²) >= 11 is 1.43. The molecule has 72 valence electrons. The maximum Gasteiger partial charge on any atom is 0.281 e. The lowest BCUT2D eigenvalue weighted by atomic mass is 10.2. The molecule has 0 saturated carbocycles. The standard InChI is InChI=1S/C9H7NO3S/c1-5-2-7-8(10(12)13)3-6(11)4-9(7)14-5/h2-4,11H,1H3. The fraction of sp³-hybridized carbons (Fsp3) is 0.111. The first-order valence-electron chi connectivity index (χ1n) is 3.95. The molecule has 4 nitrogen and oxygen atoms in total. The van der Waals surface area contributed by atoms with Crippen molar-refractivity contribution in [3.05, 3.63) is 33.2 Å². The van der Waals surface area contributed by atoms with Crippen molar-refractivity contribution in [2.45, 2.75) is 6.92 Å². The van der Waals surface area contributed by atoms with E-state index >= 15 is 0 Å². The second-order valence-electron chi connectivity index (χ2n) is 2.99. The van der Waals surface area contributed by atoms with E-state index in [1.807, 2.05) is 6.92 Å². The smallest absolute Gasteiger partial charge is 0.281 e. The second kappa shape index (κ2) is 2.95. The molecule has 0 aliphatic heterocycles. The molecule has 0 amide bonds. The Labute approximate surface area is 83.6 Å². The van der Waals surface area contributed by atoms with Crippen molar-refractivity contribution >= 4 is 27.1 Å². The predicted molar refractivity (Wildman–Crippen MR) is 54.9 cm³/mol. The number of benzene rings is 1. The van der Waals surface area contributed by atoms with Gasteiger partial charge in [0.25, 0.3) is 5.69 Å². The number of nitro benzene ring substituents is 1. The van der Waals surface area contributed by atoms with Crippen LogP contribution in [-0.2, 0) is 0 Å². The Bertz CT molecular complexity index is 518. The summed E-state index contributed by atoms with van der Waals surface area (Å²) in [5.74, 6) is -0.0638. The van der Waals surface area contributed by atoms with Gasteiger partial charge >= 0.3 is 0 Å². The van der Waals surface area contributed by atoms with Gasteiger partial charge in [0.15, 0.2) is 0 Å². The average molecular weight is 209 g/mol. The molecule has 1 aromatic carbocycles. The van der Waals surface area contributed by atoms with Crippen LogP contribution in [0.3, 0.4) is 0 Å². The van der Waals surface area contributed by atoms with Crippen molar-refractivity contribution in [1.29, 1.82) is 0 Å². The zero-order valence-corrected chi connectivity index (χ0v) is 8.17. The normalized spacial score (nSPS) is 10.6. The van der Waals surface area contributed by atoms with E-state index in [9.17, 15) is 15.2 Å². The van der Waals surface area contributed by atoms with Crippen LogP contribution in [-0.4, -0.2) is 10.0 Å². The third kappa shape index (κ3) is 1.31. The van der Waals surface area contributed by atoms with Gasteiger partial charge in [-0.15, -0.1) is 11.3 Å². The highest BCUT2D eigenvalue weighted by molar-refractivity contribution is 7.19. The highest BCUT2D eigenvalue weighted by Gasteiger charge is 2.15. The van der Waals surface area contributed by atoms with Crippen LogP contribution in [0.4, 0.5) is 5.69 Å². The molecule has 0 aliphatic rings. The lowest BCUT2D eigenvalue weighted by molar-refractivity contribution is -0.383. The minimum Gasteiger partial charge on any atom is -0.508 e. The first kappa shape index (κ1) is 8.96. The zero-order chi connectivity index (χ0) is 10.3. The van der Waals surface area contributed by atoms with Gasteiger partial charge in [0.05, 0.1) is 16.4 Å². The summed E-state index contributed by atoms with van der Waals surface area (Å²) in [6.45, 7) is 1.88. The van der Waals surface area contributed by atoms with Crippen LogP contribution in [0.5, 0.6) is 5.75 Å². The first-order valence-corrected chi connectivity index (χ1v) is 4.77. The van der Waals surface area contributed by atoms with Gasteiger partial charge in [-0.05, 0) is 19.1 Å². The number of non-ortho nitro benzene ring substituents is 1. The van der Waals surface area contributed by atoms with Gasteiger partial charge in [-0.2, -0.15) is 0 Å². The lowest BCUT2D eigenvalue weighted by Gasteiger charge is -1.94. The summed E-state index contributed by atoms with van der Waals surface area (Å²) in [5.41, 5.74) is -0.0376. The average Bonchev–Trinajstić information content (AvgIpc) is 2.42. The summed E-state index contributed by atoms with van der Waals surface area (Å²) < 4.78 is 0.745. The Hall–Kier alpha value is -1.62. The van der Waals surface area contributed by atoms with E-state index in [-0.39, 0.29) is 11.4 Å². The van der Waals surface area contributed by atoms with Crippen LogP contribution in [0.2, 0.25) is 0 Å². The molecule has 0 atom stereocenters. The van der Waals surface area contributed by atoms with E-state index < -0.39 is 4.92 Å². The van der Waals surface area contributed by atoms with Crippen LogP contribution in [0, 0.1) is 17.0 Å². The molecular weight excluding hydrogens is 202 g/mol. The van der Waals surface area contributed by atoms with Crippen molar-refractivity contribution in [3.63, 3.8) is 0 Å². The lowest BCUT2D eigenvalue weighted by Crippen LogP contribution is -1.87. The molecule has 1 aromatic heterocycles. The Morgan fingerprint density at radius 3 is 2.79 bits per heavy atom. The third-order valence-electron chi connectivity index (χ3n) is 1.92. The van der Waals surface area contributed by atoms with E-state index in [0.717, 1.165) is 9.58 Å². The Kier molecular flexibility index (Phi) is 1.89. The van der Waals surface area contributed by atoms with Crippen molar-refractivity contribution in [2.24, 2.45) is 0 Å². The van der Waals surface area contributed by atoms with Gasteiger partial charge in [-0.25, -0.2) is 0 Å². The molecule has 0 aliphatic carbocycles. The van der Waals surface area contributed by atoms with Gasteiger partial charge < -0.3 is 5.11 Å². The SMILES string of the molecule is Cc1cc2c([N+](=O)[O-])cc(O)cc2s1. The summed E-state index contributed by atoms with van der Waals surface area (Å²) in [7, 11) is 0. The molecule has 14 heavy (non-hydrogen) atoms. The number of aromatic hydroxyl groups is 1. The number of thiophene rings is 1. The number of fused-ring (bicyclic) bond motifs is 1. The van der Waals surface area contributed by atoms with Crippen LogP contribution in [0.15, 0.2) is 18.2 Å². The molecule has 5 heteroatoms. The van der Waals surface area contributed by atoms with E-state index in [0.29, 0.717) is 5.39 Å². The number of hydrogen-bond donors (Lipinski definition) is 1. The number of nitro groups is 1. The molecular formula is C9H7NO3S.